The molecule has 0 aliphatic rings. The van der Waals surface area contributed by atoms with Gasteiger partial charge in [-0.2, -0.15) is 0 Å². The van der Waals surface area contributed by atoms with E-state index in [1.54, 1.807) is 28.4 Å². The van der Waals surface area contributed by atoms with Crippen LogP contribution in [0.4, 0.5) is 0 Å². The summed E-state index contributed by atoms with van der Waals surface area (Å²) in [6, 6.07) is 11.9. The molecule has 2 aromatic rings. The van der Waals surface area contributed by atoms with Crippen molar-refractivity contribution in [3.63, 3.8) is 0 Å². The minimum Gasteiger partial charge on any atom is -0.497 e. The van der Waals surface area contributed by atoms with Gasteiger partial charge in [-0.05, 0) is 48.7 Å². The second-order valence-corrected chi connectivity index (χ2v) is 6.25. The zero-order valence-electron chi connectivity index (χ0n) is 18.3. The molecule has 166 valence electrons. The summed E-state index contributed by atoms with van der Waals surface area (Å²) in [7, 11) is 6.47. The van der Waals surface area contributed by atoms with Gasteiger partial charge in [0.05, 0.1) is 35.0 Å². The molecule has 2 N–H and O–H groups in total. The van der Waals surface area contributed by atoms with Crippen LogP contribution in [-0.2, 0) is 13.0 Å². The Morgan fingerprint density at radius 2 is 1.47 bits per heavy atom. The highest BCUT2D eigenvalue weighted by atomic mass is 127. The molecule has 7 nitrogen and oxygen atoms in total. The Balaban J connectivity index is 0.00000450. The molecule has 30 heavy (non-hydrogen) atoms. The Bertz CT molecular complexity index is 772. The van der Waals surface area contributed by atoms with E-state index in [1.807, 2.05) is 31.2 Å². The number of halogens is 1. The van der Waals surface area contributed by atoms with Gasteiger partial charge in [0.25, 0.3) is 0 Å². The van der Waals surface area contributed by atoms with Gasteiger partial charge in [0.1, 0.15) is 5.75 Å². The fraction of sp³-hybridized carbons (Fsp3) is 0.409. The monoisotopic (exact) mass is 529 g/mol. The number of methoxy groups -OCH3 is 4. The van der Waals surface area contributed by atoms with Crippen LogP contribution in [0.1, 0.15) is 18.1 Å². The smallest absolute Gasteiger partial charge is 0.203 e. The number of guanidine groups is 1. The highest BCUT2D eigenvalue weighted by molar-refractivity contribution is 14.0. The van der Waals surface area contributed by atoms with Gasteiger partial charge >= 0.3 is 0 Å². The van der Waals surface area contributed by atoms with E-state index < -0.39 is 0 Å². The Morgan fingerprint density at radius 1 is 0.833 bits per heavy atom. The van der Waals surface area contributed by atoms with Crippen molar-refractivity contribution in [2.45, 2.75) is 19.9 Å². The van der Waals surface area contributed by atoms with Crippen LogP contribution in [0, 0.1) is 0 Å². The highest BCUT2D eigenvalue weighted by Crippen LogP contribution is 2.38. The molecular weight excluding hydrogens is 497 g/mol. The quantitative estimate of drug-likeness (QED) is 0.278. The second kappa shape index (κ2) is 13.8. The van der Waals surface area contributed by atoms with Gasteiger partial charge in [-0.3, -0.25) is 0 Å². The van der Waals surface area contributed by atoms with E-state index in [1.165, 1.54) is 5.56 Å². The normalized spacial score (nSPS) is 10.6. The number of rotatable bonds is 10. The summed E-state index contributed by atoms with van der Waals surface area (Å²) in [4.78, 5) is 4.67. The lowest BCUT2D eigenvalue weighted by atomic mass is 10.1. The van der Waals surface area contributed by atoms with Crippen LogP contribution in [-0.4, -0.2) is 47.5 Å². The van der Waals surface area contributed by atoms with Crippen molar-refractivity contribution in [3.05, 3.63) is 47.5 Å². The number of hydrogen-bond donors (Lipinski definition) is 2. The van der Waals surface area contributed by atoms with Crippen molar-refractivity contribution < 1.29 is 18.9 Å². The molecule has 0 amide bonds. The molecule has 0 bridgehead atoms. The van der Waals surface area contributed by atoms with E-state index in [2.05, 4.69) is 27.8 Å². The standard InChI is InChI=1S/C22H31N3O4.HI/c1-6-23-22(24-12-11-16-7-9-18(26-2)10-8-16)25-15-17-13-19(27-3)21(29-5)20(14-17)28-4;/h7-10,13-14H,6,11-12,15H2,1-5H3,(H2,23,24,25);1H. The molecule has 0 unspecified atom stereocenters. The van der Waals surface area contributed by atoms with Crippen LogP contribution >= 0.6 is 24.0 Å². The number of benzene rings is 2. The van der Waals surface area contributed by atoms with Crippen LogP contribution in [0.2, 0.25) is 0 Å². The predicted molar refractivity (Wildman–Crippen MR) is 131 cm³/mol. The Labute approximate surface area is 196 Å². The summed E-state index contributed by atoms with van der Waals surface area (Å²) in [6.45, 7) is 4.08. The lowest BCUT2D eigenvalue weighted by Crippen LogP contribution is -2.38. The SMILES string of the molecule is CCNC(=NCc1cc(OC)c(OC)c(OC)c1)NCCc1ccc(OC)cc1.I. The molecule has 0 aromatic heterocycles. The first-order valence-electron chi connectivity index (χ1n) is 9.59. The topological polar surface area (TPSA) is 73.3 Å². The fourth-order valence-corrected chi connectivity index (χ4v) is 2.86. The van der Waals surface area contributed by atoms with Crippen LogP contribution in [0.5, 0.6) is 23.0 Å². The molecule has 0 saturated carbocycles. The largest absolute Gasteiger partial charge is 0.497 e. The van der Waals surface area contributed by atoms with Gasteiger partial charge in [-0.1, -0.05) is 12.1 Å². The molecular formula is C22H32IN3O4. The minimum atomic E-state index is 0. The number of aliphatic imine (C=N–C) groups is 1. The van der Waals surface area contributed by atoms with Crippen molar-refractivity contribution in [3.8, 4) is 23.0 Å². The Hall–Kier alpha value is -2.36. The van der Waals surface area contributed by atoms with Crippen LogP contribution in [0.3, 0.4) is 0 Å². The summed E-state index contributed by atoms with van der Waals surface area (Å²) in [5, 5.41) is 6.64. The molecule has 0 aliphatic carbocycles. The predicted octanol–water partition coefficient (Wildman–Crippen LogP) is 3.64. The second-order valence-electron chi connectivity index (χ2n) is 6.25. The maximum Gasteiger partial charge on any atom is 0.203 e. The molecule has 8 heteroatoms. The lowest BCUT2D eigenvalue weighted by molar-refractivity contribution is 0.324. The van der Waals surface area contributed by atoms with Crippen molar-refractivity contribution >= 4 is 29.9 Å². The van der Waals surface area contributed by atoms with Crippen molar-refractivity contribution in [1.82, 2.24) is 10.6 Å². The summed E-state index contributed by atoms with van der Waals surface area (Å²) in [5.41, 5.74) is 2.20. The van der Waals surface area contributed by atoms with Gasteiger partial charge in [-0.25, -0.2) is 4.99 Å². The summed E-state index contributed by atoms with van der Waals surface area (Å²) >= 11 is 0. The average molecular weight is 529 g/mol. The minimum absolute atomic E-state index is 0. The first kappa shape index (κ1) is 25.7. The zero-order valence-corrected chi connectivity index (χ0v) is 20.6. The third-order valence-electron chi connectivity index (χ3n) is 4.35. The molecule has 0 fully saturated rings. The third kappa shape index (κ3) is 7.47. The van der Waals surface area contributed by atoms with Gasteiger partial charge in [-0.15, -0.1) is 24.0 Å². The zero-order chi connectivity index (χ0) is 21.1. The third-order valence-corrected chi connectivity index (χ3v) is 4.35. The van der Waals surface area contributed by atoms with Gasteiger partial charge < -0.3 is 29.6 Å². The summed E-state index contributed by atoms with van der Waals surface area (Å²) in [5.74, 6) is 3.44. The average Bonchev–Trinajstić information content (AvgIpc) is 2.77. The molecule has 0 aliphatic heterocycles. The number of nitrogens with one attached hydrogen (secondary N) is 2. The maximum absolute atomic E-state index is 5.41. The first-order chi connectivity index (χ1) is 14.1. The van der Waals surface area contributed by atoms with Crippen LogP contribution in [0.25, 0.3) is 0 Å². The molecule has 0 saturated heterocycles. The van der Waals surface area contributed by atoms with E-state index in [-0.39, 0.29) is 24.0 Å². The Morgan fingerprint density at radius 3 is 1.97 bits per heavy atom. The van der Waals surface area contributed by atoms with E-state index in [0.29, 0.717) is 23.8 Å². The molecule has 2 rings (SSSR count). The summed E-state index contributed by atoms with van der Waals surface area (Å²) in [6.07, 6.45) is 0.887. The fourth-order valence-electron chi connectivity index (χ4n) is 2.86. The summed E-state index contributed by atoms with van der Waals surface area (Å²) < 4.78 is 21.4. The highest BCUT2D eigenvalue weighted by Gasteiger charge is 2.13. The van der Waals surface area contributed by atoms with Gasteiger partial charge in [0.15, 0.2) is 17.5 Å². The maximum atomic E-state index is 5.41. The molecule has 0 atom stereocenters. The van der Waals surface area contributed by atoms with Crippen molar-refractivity contribution in [2.75, 3.05) is 41.5 Å². The van der Waals surface area contributed by atoms with E-state index in [9.17, 15) is 0 Å². The van der Waals surface area contributed by atoms with E-state index in [4.69, 9.17) is 18.9 Å². The van der Waals surface area contributed by atoms with E-state index >= 15 is 0 Å². The van der Waals surface area contributed by atoms with Crippen molar-refractivity contribution in [1.29, 1.82) is 0 Å². The van der Waals surface area contributed by atoms with Crippen LogP contribution in [0.15, 0.2) is 41.4 Å². The molecule has 0 spiro atoms. The number of ether oxygens (including phenoxy) is 4. The Kier molecular flexibility index (Phi) is 11.8. The molecule has 0 heterocycles. The number of hydrogen-bond acceptors (Lipinski definition) is 5. The van der Waals surface area contributed by atoms with Crippen molar-refractivity contribution in [2.24, 2.45) is 4.99 Å². The van der Waals surface area contributed by atoms with E-state index in [0.717, 1.165) is 36.8 Å². The lowest BCUT2D eigenvalue weighted by Gasteiger charge is -2.14. The van der Waals surface area contributed by atoms with Gasteiger partial charge in [0.2, 0.25) is 5.75 Å². The molecule has 2 aromatic carbocycles. The molecule has 0 radical (unpaired) electrons. The number of nitrogens with zero attached hydrogens (tertiary/aromatic N) is 1. The first-order valence-corrected chi connectivity index (χ1v) is 9.59. The van der Waals surface area contributed by atoms with Gasteiger partial charge in [0, 0.05) is 13.1 Å². The van der Waals surface area contributed by atoms with Crippen LogP contribution < -0.4 is 29.6 Å².